The van der Waals surface area contributed by atoms with Gasteiger partial charge in [0.15, 0.2) is 0 Å². The summed E-state index contributed by atoms with van der Waals surface area (Å²) in [6, 6.07) is 8.52. The van der Waals surface area contributed by atoms with E-state index < -0.39 is 29.7 Å². The van der Waals surface area contributed by atoms with Crippen LogP contribution in [0, 0.1) is 13.8 Å². The van der Waals surface area contributed by atoms with Gasteiger partial charge < -0.3 is 10.1 Å². The standard InChI is InChI=1S/C20H20F3NO3/c1-12-4-5-14(10-13(12)2)11-17(19(26)27-3)24-18(25)15-6-8-16(9-7-15)20(21,22)23/h4-10,17H,11H2,1-3H3,(H,24,25)/t17-/m1/s1. The van der Waals surface area contributed by atoms with Crippen LogP contribution in [0.4, 0.5) is 13.2 Å². The molecule has 0 aromatic heterocycles. The van der Waals surface area contributed by atoms with Crippen LogP contribution in [0.2, 0.25) is 0 Å². The SMILES string of the molecule is COC(=O)[C@@H](Cc1ccc(C)c(C)c1)NC(=O)c1ccc(C(F)(F)F)cc1. The molecule has 4 nitrogen and oxygen atoms in total. The Morgan fingerprint density at radius 2 is 1.67 bits per heavy atom. The van der Waals surface area contributed by atoms with Crippen LogP contribution < -0.4 is 5.32 Å². The quantitative estimate of drug-likeness (QED) is 0.804. The summed E-state index contributed by atoms with van der Waals surface area (Å²) in [6.45, 7) is 3.90. The number of nitrogens with one attached hydrogen (secondary N) is 1. The first kappa shape index (κ1) is 20.5. The van der Waals surface area contributed by atoms with E-state index in [1.807, 2.05) is 32.0 Å². The molecule has 27 heavy (non-hydrogen) atoms. The Hall–Kier alpha value is -2.83. The monoisotopic (exact) mass is 379 g/mol. The Balaban J connectivity index is 2.16. The van der Waals surface area contributed by atoms with Crippen LogP contribution in [0.25, 0.3) is 0 Å². The second kappa shape index (κ2) is 8.24. The predicted molar refractivity (Wildman–Crippen MR) is 94.3 cm³/mol. The van der Waals surface area contributed by atoms with Gasteiger partial charge in [-0.1, -0.05) is 18.2 Å². The van der Waals surface area contributed by atoms with E-state index in [2.05, 4.69) is 5.32 Å². The molecule has 0 aliphatic carbocycles. The average molecular weight is 379 g/mol. The number of benzene rings is 2. The molecule has 0 fully saturated rings. The first-order chi connectivity index (χ1) is 12.6. The van der Waals surface area contributed by atoms with Gasteiger partial charge in [-0.15, -0.1) is 0 Å². The van der Waals surface area contributed by atoms with Gasteiger partial charge in [0.2, 0.25) is 0 Å². The number of halogens is 3. The minimum absolute atomic E-state index is 0.0250. The van der Waals surface area contributed by atoms with Gasteiger partial charge in [-0.3, -0.25) is 4.79 Å². The summed E-state index contributed by atoms with van der Waals surface area (Å²) in [5.41, 5.74) is 2.16. The molecule has 144 valence electrons. The topological polar surface area (TPSA) is 55.4 Å². The molecule has 0 saturated heterocycles. The highest BCUT2D eigenvalue weighted by atomic mass is 19.4. The summed E-state index contributed by atoms with van der Waals surface area (Å²) >= 11 is 0. The molecular formula is C20H20F3NO3. The second-order valence-corrected chi connectivity index (χ2v) is 6.25. The van der Waals surface area contributed by atoms with Gasteiger partial charge >= 0.3 is 12.1 Å². The Kier molecular flexibility index (Phi) is 6.25. The molecule has 1 atom stereocenters. The average Bonchev–Trinajstić information content (AvgIpc) is 2.62. The normalized spacial score (nSPS) is 12.4. The highest BCUT2D eigenvalue weighted by Gasteiger charge is 2.30. The smallest absolute Gasteiger partial charge is 0.416 e. The molecule has 2 aromatic rings. The number of carbonyl (C=O) groups is 2. The summed E-state index contributed by atoms with van der Waals surface area (Å²) < 4.78 is 42.6. The van der Waals surface area contributed by atoms with Crippen molar-refractivity contribution in [2.45, 2.75) is 32.5 Å². The number of carbonyl (C=O) groups excluding carboxylic acids is 2. The fourth-order valence-electron chi connectivity index (χ4n) is 2.55. The maximum atomic E-state index is 12.6. The molecule has 2 aromatic carbocycles. The molecule has 0 unspecified atom stereocenters. The van der Waals surface area contributed by atoms with Crippen molar-refractivity contribution in [3.8, 4) is 0 Å². The third-order valence-corrected chi connectivity index (χ3v) is 4.28. The van der Waals surface area contributed by atoms with Crippen LogP contribution in [0.3, 0.4) is 0 Å². The van der Waals surface area contributed by atoms with E-state index in [0.29, 0.717) is 0 Å². The number of hydrogen-bond donors (Lipinski definition) is 1. The first-order valence-corrected chi connectivity index (χ1v) is 8.24. The minimum atomic E-state index is -4.48. The van der Waals surface area contributed by atoms with Crippen LogP contribution in [-0.2, 0) is 22.1 Å². The summed E-state index contributed by atoms with van der Waals surface area (Å²) in [5, 5.41) is 2.53. The zero-order valence-electron chi connectivity index (χ0n) is 15.2. The summed E-state index contributed by atoms with van der Waals surface area (Å²) in [6.07, 6.45) is -4.27. The van der Waals surface area contributed by atoms with Crippen LogP contribution in [0.15, 0.2) is 42.5 Å². The van der Waals surface area contributed by atoms with Gasteiger partial charge in [-0.2, -0.15) is 13.2 Å². The zero-order valence-corrected chi connectivity index (χ0v) is 15.2. The fourth-order valence-corrected chi connectivity index (χ4v) is 2.55. The molecule has 0 aliphatic rings. The van der Waals surface area contributed by atoms with Crippen LogP contribution in [0.5, 0.6) is 0 Å². The van der Waals surface area contributed by atoms with Gasteiger partial charge in [-0.05, 0) is 54.8 Å². The van der Waals surface area contributed by atoms with E-state index in [9.17, 15) is 22.8 Å². The molecule has 7 heteroatoms. The largest absolute Gasteiger partial charge is 0.467 e. The summed E-state index contributed by atoms with van der Waals surface area (Å²) in [4.78, 5) is 24.4. The van der Waals surface area contributed by atoms with E-state index in [1.54, 1.807) is 0 Å². The van der Waals surface area contributed by atoms with E-state index in [4.69, 9.17) is 4.74 Å². The number of hydrogen-bond acceptors (Lipinski definition) is 3. The number of alkyl halides is 3. The van der Waals surface area contributed by atoms with Gasteiger partial charge in [0.05, 0.1) is 12.7 Å². The second-order valence-electron chi connectivity index (χ2n) is 6.25. The third-order valence-electron chi connectivity index (χ3n) is 4.28. The minimum Gasteiger partial charge on any atom is -0.467 e. The lowest BCUT2D eigenvalue weighted by atomic mass is 10.0. The summed E-state index contributed by atoms with van der Waals surface area (Å²) in [7, 11) is 1.21. The lowest BCUT2D eigenvalue weighted by Crippen LogP contribution is -2.43. The maximum Gasteiger partial charge on any atom is 0.416 e. The molecule has 0 aliphatic heterocycles. The molecule has 1 N–H and O–H groups in total. The predicted octanol–water partition coefficient (Wildman–Crippen LogP) is 3.84. The molecule has 1 amide bonds. The fraction of sp³-hybridized carbons (Fsp3) is 0.300. The number of methoxy groups -OCH3 is 1. The summed E-state index contributed by atoms with van der Waals surface area (Å²) in [5.74, 6) is -1.28. The Bertz CT molecular complexity index is 829. The molecular weight excluding hydrogens is 359 g/mol. The van der Waals surface area contributed by atoms with E-state index in [0.717, 1.165) is 41.0 Å². The van der Waals surface area contributed by atoms with E-state index in [1.165, 1.54) is 7.11 Å². The lowest BCUT2D eigenvalue weighted by Gasteiger charge is -2.17. The number of ether oxygens (including phenoxy) is 1. The number of esters is 1. The van der Waals surface area contributed by atoms with Crippen molar-refractivity contribution in [1.29, 1.82) is 0 Å². The number of rotatable bonds is 5. The van der Waals surface area contributed by atoms with Crippen molar-refractivity contribution in [2.75, 3.05) is 7.11 Å². The first-order valence-electron chi connectivity index (χ1n) is 8.24. The van der Waals surface area contributed by atoms with Crippen molar-refractivity contribution >= 4 is 11.9 Å². The van der Waals surface area contributed by atoms with Crippen molar-refractivity contribution in [1.82, 2.24) is 5.32 Å². The van der Waals surface area contributed by atoms with Crippen molar-refractivity contribution in [3.63, 3.8) is 0 Å². The van der Waals surface area contributed by atoms with E-state index in [-0.39, 0.29) is 12.0 Å². The Labute approximate surface area is 155 Å². The Morgan fingerprint density at radius 1 is 1.04 bits per heavy atom. The molecule has 0 heterocycles. The van der Waals surface area contributed by atoms with Crippen molar-refractivity contribution in [2.24, 2.45) is 0 Å². The molecule has 0 bridgehead atoms. The van der Waals surface area contributed by atoms with Crippen LogP contribution >= 0.6 is 0 Å². The van der Waals surface area contributed by atoms with E-state index >= 15 is 0 Å². The van der Waals surface area contributed by atoms with Crippen molar-refractivity contribution < 1.29 is 27.5 Å². The van der Waals surface area contributed by atoms with Gasteiger partial charge in [0.1, 0.15) is 6.04 Å². The zero-order chi connectivity index (χ0) is 20.2. The number of amides is 1. The number of aryl methyl sites for hydroxylation is 2. The van der Waals surface area contributed by atoms with Gasteiger partial charge in [-0.25, -0.2) is 4.79 Å². The van der Waals surface area contributed by atoms with Gasteiger partial charge in [0.25, 0.3) is 5.91 Å². The molecule has 2 rings (SSSR count). The molecule has 0 saturated carbocycles. The molecule has 0 radical (unpaired) electrons. The Morgan fingerprint density at radius 3 is 2.19 bits per heavy atom. The highest BCUT2D eigenvalue weighted by Crippen LogP contribution is 2.29. The maximum absolute atomic E-state index is 12.6. The third kappa shape index (κ3) is 5.32. The van der Waals surface area contributed by atoms with Crippen LogP contribution in [-0.4, -0.2) is 25.0 Å². The van der Waals surface area contributed by atoms with Crippen LogP contribution in [0.1, 0.15) is 32.6 Å². The van der Waals surface area contributed by atoms with Gasteiger partial charge in [0, 0.05) is 12.0 Å². The highest BCUT2D eigenvalue weighted by molar-refractivity contribution is 5.96. The van der Waals surface area contributed by atoms with Crippen molar-refractivity contribution in [3.05, 3.63) is 70.3 Å². The lowest BCUT2D eigenvalue weighted by molar-refractivity contribution is -0.142. The molecule has 0 spiro atoms.